The number of carboxylic acids is 1. The third-order valence-corrected chi connectivity index (χ3v) is 4.84. The number of methoxy groups -OCH3 is 1. The highest BCUT2D eigenvalue weighted by atomic mass is 32.2. The lowest BCUT2D eigenvalue weighted by molar-refractivity contribution is -0.137. The molecule has 0 saturated carbocycles. The van der Waals surface area contributed by atoms with Crippen LogP contribution in [0.5, 0.6) is 11.5 Å². The van der Waals surface area contributed by atoms with Crippen molar-refractivity contribution in [2.24, 2.45) is 0 Å². The van der Waals surface area contributed by atoms with Gasteiger partial charge in [0.1, 0.15) is 0 Å². The summed E-state index contributed by atoms with van der Waals surface area (Å²) < 4.78 is 77.6. The molecule has 0 amide bonds. The maximum atomic E-state index is 14.1. The van der Waals surface area contributed by atoms with Gasteiger partial charge in [0.2, 0.25) is 0 Å². The standard InChI is InChI=1S/C17H16F3NO6S/c1-26-17-13(19)7-10(8-14(17)20)21-28(24,25)11-4-5-15(12(18)9-11)27-6-2-3-16(22)23/h4-5,7-9,21H,2-3,6H2,1H3,(H,22,23). The van der Waals surface area contributed by atoms with Crippen LogP contribution in [0.4, 0.5) is 18.9 Å². The minimum absolute atomic E-state index is 0.0715. The van der Waals surface area contributed by atoms with Gasteiger partial charge >= 0.3 is 5.97 Å². The Hall–Kier alpha value is -2.95. The molecule has 2 aromatic carbocycles. The zero-order valence-electron chi connectivity index (χ0n) is 14.5. The number of anilines is 1. The number of hydrogen-bond donors (Lipinski definition) is 2. The molecule has 0 radical (unpaired) electrons. The topological polar surface area (TPSA) is 102 Å². The lowest BCUT2D eigenvalue weighted by atomic mass is 10.3. The second kappa shape index (κ2) is 8.83. The Morgan fingerprint density at radius 2 is 1.75 bits per heavy atom. The highest BCUT2D eigenvalue weighted by molar-refractivity contribution is 7.92. The first-order valence-corrected chi connectivity index (χ1v) is 9.32. The Bertz CT molecular complexity index is 958. The van der Waals surface area contributed by atoms with E-state index in [4.69, 9.17) is 9.84 Å². The molecule has 0 bridgehead atoms. The summed E-state index contributed by atoms with van der Waals surface area (Å²) in [6.45, 7) is -0.0715. The second-order valence-corrected chi connectivity index (χ2v) is 7.20. The van der Waals surface area contributed by atoms with Crippen LogP contribution in [0.3, 0.4) is 0 Å². The number of nitrogens with one attached hydrogen (secondary N) is 1. The number of sulfonamides is 1. The fraction of sp³-hybridized carbons (Fsp3) is 0.235. The van der Waals surface area contributed by atoms with E-state index in [1.807, 2.05) is 4.72 Å². The largest absolute Gasteiger partial charge is 0.491 e. The van der Waals surface area contributed by atoms with E-state index in [0.29, 0.717) is 6.07 Å². The van der Waals surface area contributed by atoms with Crippen LogP contribution in [0.2, 0.25) is 0 Å². The van der Waals surface area contributed by atoms with Crippen LogP contribution < -0.4 is 14.2 Å². The number of ether oxygens (including phenoxy) is 2. The molecule has 0 saturated heterocycles. The van der Waals surface area contributed by atoms with E-state index in [9.17, 15) is 26.4 Å². The highest BCUT2D eigenvalue weighted by Gasteiger charge is 2.19. The molecule has 28 heavy (non-hydrogen) atoms. The van der Waals surface area contributed by atoms with E-state index in [1.165, 1.54) is 0 Å². The highest BCUT2D eigenvalue weighted by Crippen LogP contribution is 2.28. The van der Waals surface area contributed by atoms with Crippen LogP contribution in [0.15, 0.2) is 35.2 Å². The van der Waals surface area contributed by atoms with Crippen LogP contribution >= 0.6 is 0 Å². The van der Waals surface area contributed by atoms with Gasteiger partial charge in [-0.2, -0.15) is 0 Å². The van der Waals surface area contributed by atoms with E-state index in [-0.39, 0.29) is 25.2 Å². The van der Waals surface area contributed by atoms with Gasteiger partial charge in [-0.1, -0.05) is 0 Å². The molecular weight excluding hydrogens is 403 g/mol. The summed E-state index contributed by atoms with van der Waals surface area (Å²) in [5, 5.41) is 8.52. The predicted octanol–water partition coefficient (Wildman–Crippen LogP) is 3.16. The molecule has 2 N–H and O–H groups in total. The molecular formula is C17H16F3NO6S. The van der Waals surface area contributed by atoms with Gasteiger partial charge in [-0.3, -0.25) is 9.52 Å². The lowest BCUT2D eigenvalue weighted by Gasteiger charge is -2.12. The Morgan fingerprint density at radius 3 is 2.29 bits per heavy atom. The Balaban J connectivity index is 2.15. The molecule has 0 aliphatic rings. The van der Waals surface area contributed by atoms with E-state index < -0.39 is 49.8 Å². The number of carboxylic acid groups (broad SMARTS) is 1. The molecule has 11 heteroatoms. The molecule has 0 heterocycles. The maximum Gasteiger partial charge on any atom is 0.303 e. The Morgan fingerprint density at radius 1 is 1.11 bits per heavy atom. The molecule has 0 aromatic heterocycles. The summed E-state index contributed by atoms with van der Waals surface area (Å²) in [5.41, 5.74) is -0.412. The molecule has 152 valence electrons. The smallest absolute Gasteiger partial charge is 0.303 e. The minimum atomic E-state index is -4.34. The second-order valence-electron chi connectivity index (χ2n) is 5.52. The fourth-order valence-corrected chi connectivity index (χ4v) is 3.25. The number of aliphatic carboxylic acids is 1. The van der Waals surface area contributed by atoms with Gasteiger partial charge < -0.3 is 14.6 Å². The lowest BCUT2D eigenvalue weighted by Crippen LogP contribution is -2.14. The van der Waals surface area contributed by atoms with Crippen molar-refractivity contribution in [1.29, 1.82) is 0 Å². The van der Waals surface area contributed by atoms with Crippen molar-refractivity contribution in [2.75, 3.05) is 18.4 Å². The van der Waals surface area contributed by atoms with Crippen molar-refractivity contribution in [3.63, 3.8) is 0 Å². The summed E-state index contributed by atoms with van der Waals surface area (Å²) >= 11 is 0. The minimum Gasteiger partial charge on any atom is -0.491 e. The van der Waals surface area contributed by atoms with Crippen LogP contribution in [0, 0.1) is 17.5 Å². The molecule has 7 nitrogen and oxygen atoms in total. The van der Waals surface area contributed by atoms with E-state index in [1.54, 1.807) is 0 Å². The van der Waals surface area contributed by atoms with E-state index in [0.717, 1.165) is 31.4 Å². The SMILES string of the molecule is COc1c(F)cc(NS(=O)(=O)c2ccc(OCCCC(=O)O)c(F)c2)cc1F. The third-order valence-electron chi connectivity index (χ3n) is 3.46. The van der Waals surface area contributed by atoms with Crippen molar-refractivity contribution in [3.8, 4) is 11.5 Å². The van der Waals surface area contributed by atoms with Gasteiger partial charge in [-0.05, 0) is 24.6 Å². The molecule has 0 atom stereocenters. The fourth-order valence-electron chi connectivity index (χ4n) is 2.20. The quantitative estimate of drug-likeness (QED) is 0.606. The first-order chi connectivity index (χ1) is 13.1. The molecule has 0 fully saturated rings. The number of rotatable bonds is 9. The summed E-state index contributed by atoms with van der Waals surface area (Å²) in [6.07, 6.45) is -0.0159. The molecule has 0 spiro atoms. The summed E-state index contributed by atoms with van der Waals surface area (Å²) in [4.78, 5) is 9.90. The third kappa shape index (κ3) is 5.28. The summed E-state index contributed by atoms with van der Waals surface area (Å²) in [6, 6.07) is 4.20. The number of hydrogen-bond acceptors (Lipinski definition) is 5. The normalized spacial score (nSPS) is 11.1. The first-order valence-electron chi connectivity index (χ1n) is 7.84. The van der Waals surface area contributed by atoms with Gasteiger partial charge in [-0.15, -0.1) is 0 Å². The van der Waals surface area contributed by atoms with Crippen molar-refractivity contribution < 1.29 is 41.0 Å². The Kier molecular flexibility index (Phi) is 6.73. The molecule has 2 aromatic rings. The van der Waals surface area contributed by atoms with Gasteiger partial charge in [0.05, 0.1) is 24.3 Å². The van der Waals surface area contributed by atoms with E-state index >= 15 is 0 Å². The number of halogens is 3. The molecule has 0 unspecified atom stereocenters. The monoisotopic (exact) mass is 419 g/mol. The number of carbonyl (C=O) groups is 1. The van der Waals surface area contributed by atoms with Crippen molar-refractivity contribution in [2.45, 2.75) is 17.7 Å². The van der Waals surface area contributed by atoms with Crippen molar-refractivity contribution in [1.82, 2.24) is 0 Å². The zero-order chi connectivity index (χ0) is 20.9. The van der Waals surface area contributed by atoms with Gasteiger partial charge in [-0.25, -0.2) is 21.6 Å². The molecule has 2 rings (SSSR count). The predicted molar refractivity (Wildman–Crippen MR) is 92.5 cm³/mol. The summed E-state index contributed by atoms with van der Waals surface area (Å²) in [7, 11) is -3.28. The van der Waals surface area contributed by atoms with Crippen molar-refractivity contribution in [3.05, 3.63) is 47.8 Å². The van der Waals surface area contributed by atoms with Crippen LogP contribution in [0.25, 0.3) is 0 Å². The first kappa shape index (κ1) is 21.4. The van der Waals surface area contributed by atoms with E-state index in [2.05, 4.69) is 4.74 Å². The van der Waals surface area contributed by atoms with Crippen LogP contribution in [-0.2, 0) is 14.8 Å². The van der Waals surface area contributed by atoms with Gasteiger partial charge in [0, 0.05) is 18.6 Å². The number of benzene rings is 2. The Labute approximate surface area is 158 Å². The van der Waals surface area contributed by atoms with Gasteiger partial charge in [0.25, 0.3) is 10.0 Å². The zero-order valence-corrected chi connectivity index (χ0v) is 15.4. The van der Waals surface area contributed by atoms with Crippen molar-refractivity contribution >= 4 is 21.7 Å². The van der Waals surface area contributed by atoms with Crippen LogP contribution in [0.1, 0.15) is 12.8 Å². The summed E-state index contributed by atoms with van der Waals surface area (Å²) in [5.74, 6) is -5.18. The average Bonchev–Trinajstić information content (AvgIpc) is 2.59. The molecule has 0 aliphatic carbocycles. The molecule has 0 aliphatic heterocycles. The average molecular weight is 419 g/mol. The van der Waals surface area contributed by atoms with Gasteiger partial charge in [0.15, 0.2) is 29.0 Å². The van der Waals surface area contributed by atoms with Crippen LogP contribution in [-0.4, -0.2) is 33.2 Å². The maximum absolute atomic E-state index is 14.1.